The van der Waals surface area contributed by atoms with E-state index >= 15 is 0 Å². The molecule has 2 aromatic carbocycles. The molecule has 3 N–H and O–H groups in total. The number of β-amino-alcohol motifs (C(OH)–C–C–N with tert-alkyl or cyclic N) is 1. The Labute approximate surface area is 263 Å². The summed E-state index contributed by atoms with van der Waals surface area (Å²) in [5, 5.41) is 17.2. The van der Waals surface area contributed by atoms with Crippen LogP contribution in [0.15, 0.2) is 47.4 Å². The van der Waals surface area contributed by atoms with Crippen molar-refractivity contribution in [3.05, 3.63) is 48.2 Å². The number of anilines is 2. The molecule has 1 saturated heterocycles. The number of aliphatic hydroxyl groups is 1. The molecule has 1 atom stereocenters. The molecule has 4 rings (SSSR count). The topological polar surface area (TPSA) is 105 Å². The van der Waals surface area contributed by atoms with Gasteiger partial charge >= 0.3 is 6.18 Å². The van der Waals surface area contributed by atoms with Crippen molar-refractivity contribution in [3.8, 4) is 17.6 Å². The first-order valence-electron chi connectivity index (χ1n) is 13.8. The minimum absolute atomic E-state index is 0. The number of benzene rings is 2. The van der Waals surface area contributed by atoms with E-state index in [1.54, 1.807) is 31.4 Å². The summed E-state index contributed by atoms with van der Waals surface area (Å²) in [6.07, 6.45) is -2.24. The second kappa shape index (κ2) is 15.3. The number of aliphatic hydroxyl groups excluding tert-OH is 1. The summed E-state index contributed by atoms with van der Waals surface area (Å²) in [5.74, 6) is 6.07. The van der Waals surface area contributed by atoms with Crippen LogP contribution >= 0.6 is 13.5 Å². The van der Waals surface area contributed by atoms with Gasteiger partial charge in [0.1, 0.15) is 12.3 Å². The van der Waals surface area contributed by atoms with Crippen LogP contribution in [-0.4, -0.2) is 94.6 Å². The number of nitrogens with zero attached hydrogens (tertiary/aromatic N) is 2. The number of fused-ring (bicyclic) bond motifs is 1. The number of piperidine rings is 1. The number of hydrogen-bond acceptors (Lipinski definition) is 8. The molecule has 44 heavy (non-hydrogen) atoms. The number of sulfone groups is 1. The Morgan fingerprint density at radius 3 is 2.48 bits per heavy atom. The zero-order valence-electron chi connectivity index (χ0n) is 24.9. The first-order valence-corrected chi connectivity index (χ1v) is 15.7. The highest BCUT2D eigenvalue weighted by Crippen LogP contribution is 2.32. The van der Waals surface area contributed by atoms with Gasteiger partial charge in [0.05, 0.1) is 48.2 Å². The van der Waals surface area contributed by atoms with Crippen LogP contribution < -0.4 is 15.4 Å². The molecule has 1 aromatic heterocycles. The predicted octanol–water partition coefficient (Wildman–Crippen LogP) is 4.08. The Balaban J connectivity index is 0.00000529. The van der Waals surface area contributed by atoms with Gasteiger partial charge in [0.25, 0.3) is 0 Å². The number of ether oxygens (including phenoxy) is 2. The average molecular weight is 657 g/mol. The van der Waals surface area contributed by atoms with E-state index in [0.29, 0.717) is 28.9 Å². The van der Waals surface area contributed by atoms with Gasteiger partial charge in [0, 0.05) is 56.2 Å². The van der Waals surface area contributed by atoms with E-state index in [9.17, 15) is 26.7 Å². The van der Waals surface area contributed by atoms with Crippen molar-refractivity contribution in [2.45, 2.75) is 42.6 Å². The van der Waals surface area contributed by atoms with E-state index in [4.69, 9.17) is 9.47 Å². The highest BCUT2D eigenvalue weighted by molar-refractivity contribution is 7.90. The second-order valence-corrected chi connectivity index (χ2v) is 12.6. The van der Waals surface area contributed by atoms with Gasteiger partial charge in [-0.1, -0.05) is 12.0 Å². The predicted molar refractivity (Wildman–Crippen MR) is 171 cm³/mol. The number of aromatic nitrogens is 1. The van der Waals surface area contributed by atoms with Crippen molar-refractivity contribution in [1.82, 2.24) is 9.47 Å². The van der Waals surface area contributed by atoms with Crippen LogP contribution in [0.2, 0.25) is 0 Å². The maximum atomic E-state index is 13.6. The van der Waals surface area contributed by atoms with Gasteiger partial charge < -0.3 is 34.7 Å². The lowest BCUT2D eigenvalue weighted by Gasteiger charge is -2.34. The Bertz CT molecular complexity index is 1580. The molecule has 3 aromatic rings. The third-order valence-corrected chi connectivity index (χ3v) is 8.35. The van der Waals surface area contributed by atoms with Crippen LogP contribution in [0, 0.1) is 11.8 Å². The summed E-state index contributed by atoms with van der Waals surface area (Å²) < 4.78 is 75.9. The smallest absolute Gasteiger partial charge is 0.406 e. The lowest BCUT2D eigenvalue weighted by atomic mass is 10.0. The van der Waals surface area contributed by atoms with Crippen molar-refractivity contribution in [2.75, 3.05) is 63.9 Å². The van der Waals surface area contributed by atoms with Crippen molar-refractivity contribution >= 4 is 45.6 Å². The third kappa shape index (κ3) is 9.45. The van der Waals surface area contributed by atoms with E-state index in [1.165, 1.54) is 23.8 Å². The number of rotatable bonds is 11. The quantitative estimate of drug-likeness (QED) is 0.266. The molecule has 0 radical (unpaired) electrons. The highest BCUT2D eigenvalue weighted by atomic mass is 32.2. The van der Waals surface area contributed by atoms with E-state index in [0.717, 1.165) is 37.9 Å². The van der Waals surface area contributed by atoms with Gasteiger partial charge in [0.2, 0.25) is 0 Å². The molecule has 1 aliphatic rings. The van der Waals surface area contributed by atoms with Crippen molar-refractivity contribution in [1.29, 1.82) is 0 Å². The fraction of sp³-hybridized carbons (Fsp3) is 0.467. The number of alkyl halides is 3. The molecule has 9 nitrogen and oxygen atoms in total. The molecule has 0 bridgehead atoms. The Morgan fingerprint density at radius 1 is 1.11 bits per heavy atom. The van der Waals surface area contributed by atoms with Gasteiger partial charge in [-0.2, -0.15) is 26.7 Å². The fourth-order valence-corrected chi connectivity index (χ4v) is 5.85. The summed E-state index contributed by atoms with van der Waals surface area (Å²) in [7, 11) is -0.453. The number of halogens is 3. The highest BCUT2D eigenvalue weighted by Gasteiger charge is 2.30. The van der Waals surface area contributed by atoms with Crippen molar-refractivity contribution in [2.24, 2.45) is 0 Å². The number of nitrogens with one attached hydrogen (secondary N) is 2. The standard InChI is InChI=1S/C30H37F3N4O5S.H2S/c1-41-19-23(38)18-36-14-11-21(12-15-36)35-26-7-4-8-28-25(26)16-22(37(28)20-30(31,32)33)6-5-13-34-27-10-9-24(43(3,39)40)17-29(27)42-2;/h4,7-10,16-17,21,23,34-35,38H,11-15,18-20H2,1-3H3;1H2/t23-;/m0./s1. The summed E-state index contributed by atoms with van der Waals surface area (Å²) >= 11 is 0. The van der Waals surface area contributed by atoms with Crippen LogP contribution in [0.1, 0.15) is 18.5 Å². The third-order valence-electron chi connectivity index (χ3n) is 7.24. The zero-order chi connectivity index (χ0) is 31.2. The van der Waals surface area contributed by atoms with Crippen molar-refractivity contribution < 1.29 is 36.2 Å². The number of hydrogen-bond donors (Lipinski definition) is 3. The lowest BCUT2D eigenvalue weighted by molar-refractivity contribution is -0.140. The maximum absolute atomic E-state index is 13.6. The number of methoxy groups -OCH3 is 2. The Kier molecular flexibility index (Phi) is 12.3. The molecular formula is C30H39F3N4O5S2. The first kappa shape index (κ1) is 35.4. The van der Waals surface area contributed by atoms with Gasteiger partial charge in [-0.3, -0.25) is 0 Å². The monoisotopic (exact) mass is 656 g/mol. The molecule has 242 valence electrons. The molecule has 0 amide bonds. The van der Waals surface area contributed by atoms with Gasteiger partial charge in [-0.25, -0.2) is 8.42 Å². The van der Waals surface area contributed by atoms with Gasteiger partial charge in [-0.05, 0) is 49.1 Å². The summed E-state index contributed by atoms with van der Waals surface area (Å²) in [6, 6.07) is 11.5. The first-order chi connectivity index (χ1) is 20.4. The second-order valence-electron chi connectivity index (χ2n) is 10.6. The zero-order valence-corrected chi connectivity index (χ0v) is 26.7. The SMILES string of the molecule is COC[C@@H](O)CN1CCC(Nc2cccc3c2cc(C#CCNc2ccc(S(C)(=O)=O)cc2OC)n3CC(F)(F)F)CC1.S. The van der Waals surface area contributed by atoms with Crippen molar-refractivity contribution in [3.63, 3.8) is 0 Å². The van der Waals surface area contributed by atoms with E-state index in [1.807, 2.05) is 6.07 Å². The van der Waals surface area contributed by atoms with Crippen LogP contribution in [0.5, 0.6) is 5.75 Å². The van der Waals surface area contributed by atoms with Crippen LogP contribution in [0.3, 0.4) is 0 Å². The maximum Gasteiger partial charge on any atom is 0.406 e. The Morgan fingerprint density at radius 2 is 1.84 bits per heavy atom. The van der Waals surface area contributed by atoms with E-state index in [2.05, 4.69) is 27.4 Å². The summed E-state index contributed by atoms with van der Waals surface area (Å²) in [6.45, 7) is 1.30. The van der Waals surface area contributed by atoms with Crippen LogP contribution in [0.4, 0.5) is 24.5 Å². The normalized spacial score (nSPS) is 15.2. The largest absolute Gasteiger partial charge is 0.495 e. The molecule has 1 aliphatic heterocycles. The molecule has 0 aliphatic carbocycles. The summed E-state index contributed by atoms with van der Waals surface area (Å²) in [4.78, 5) is 2.29. The molecule has 1 fully saturated rings. The Hall–Kier alpha value is -3.09. The van der Waals surface area contributed by atoms with Gasteiger partial charge in [-0.15, -0.1) is 0 Å². The van der Waals surface area contributed by atoms with E-state index < -0.39 is 28.7 Å². The van der Waals surface area contributed by atoms with E-state index in [-0.39, 0.29) is 43.3 Å². The van der Waals surface area contributed by atoms with Crippen LogP contribution in [0.25, 0.3) is 10.9 Å². The lowest BCUT2D eigenvalue weighted by Crippen LogP contribution is -2.43. The molecule has 2 heterocycles. The average Bonchev–Trinajstić information content (AvgIpc) is 3.28. The van der Waals surface area contributed by atoms with Gasteiger partial charge in [0.15, 0.2) is 9.84 Å². The minimum Gasteiger partial charge on any atom is -0.495 e. The molecule has 14 heteroatoms. The molecular weight excluding hydrogens is 617 g/mol. The molecule has 0 saturated carbocycles. The molecule has 0 spiro atoms. The number of likely N-dealkylation sites (tertiary alicyclic amines) is 1. The minimum atomic E-state index is -4.45. The molecule has 0 unspecified atom stereocenters. The summed E-state index contributed by atoms with van der Waals surface area (Å²) in [5.41, 5.74) is 1.90. The van der Waals surface area contributed by atoms with Crippen LogP contribution in [-0.2, 0) is 21.1 Å². The fourth-order valence-electron chi connectivity index (χ4n) is 5.21.